The van der Waals surface area contributed by atoms with Gasteiger partial charge in [0.1, 0.15) is 0 Å². The predicted molar refractivity (Wildman–Crippen MR) is 102 cm³/mol. The first kappa shape index (κ1) is 18.6. The molecule has 0 unspecified atom stereocenters. The first-order chi connectivity index (χ1) is 12.5. The van der Waals surface area contributed by atoms with Gasteiger partial charge in [0.05, 0.1) is 22.8 Å². The average molecular weight is 359 g/mol. The highest BCUT2D eigenvalue weighted by Crippen LogP contribution is 2.28. The van der Waals surface area contributed by atoms with Crippen molar-refractivity contribution in [2.45, 2.75) is 59.2 Å². The zero-order valence-corrected chi connectivity index (χ0v) is 16.1. The summed E-state index contributed by atoms with van der Waals surface area (Å²) in [7, 11) is 0. The van der Waals surface area contributed by atoms with E-state index in [1.807, 2.05) is 11.6 Å². The second-order valence-electron chi connectivity index (χ2n) is 7.28. The van der Waals surface area contributed by atoms with Gasteiger partial charge in [-0.3, -0.25) is 4.79 Å². The lowest BCUT2D eigenvalue weighted by Crippen LogP contribution is -2.39. The van der Waals surface area contributed by atoms with E-state index in [4.69, 9.17) is 4.74 Å². The van der Waals surface area contributed by atoms with Crippen molar-refractivity contribution in [3.63, 3.8) is 0 Å². The highest BCUT2D eigenvalue weighted by atomic mass is 16.5. The largest absolute Gasteiger partial charge is 0.381 e. The van der Waals surface area contributed by atoms with Gasteiger partial charge in [-0.05, 0) is 32.6 Å². The van der Waals surface area contributed by atoms with E-state index in [2.05, 4.69) is 41.5 Å². The lowest BCUT2D eigenvalue weighted by Gasteiger charge is -2.25. The molecule has 7 nitrogen and oxygen atoms in total. The van der Waals surface area contributed by atoms with E-state index in [0.29, 0.717) is 24.7 Å². The minimum Gasteiger partial charge on any atom is -0.381 e. The van der Waals surface area contributed by atoms with Gasteiger partial charge in [-0.15, -0.1) is 0 Å². The lowest BCUT2D eigenvalue weighted by molar-refractivity contribution is 0.0697. The van der Waals surface area contributed by atoms with Gasteiger partial charge in [0.25, 0.3) is 5.91 Å². The SMILES string of the molecule is CCn1ncc2c(N[C@@H](C)C(C)C)c(C(=O)NC3CCOCC3)cnc21. The molecular weight excluding hydrogens is 330 g/mol. The quantitative estimate of drug-likeness (QED) is 0.829. The smallest absolute Gasteiger partial charge is 0.255 e. The van der Waals surface area contributed by atoms with Gasteiger partial charge < -0.3 is 15.4 Å². The van der Waals surface area contributed by atoms with Crippen LogP contribution in [-0.4, -0.2) is 46.0 Å². The zero-order valence-electron chi connectivity index (χ0n) is 16.1. The molecular formula is C19H29N5O2. The fourth-order valence-electron chi connectivity index (χ4n) is 3.09. The Bertz CT molecular complexity index is 765. The van der Waals surface area contributed by atoms with Crippen molar-refractivity contribution in [2.75, 3.05) is 18.5 Å². The number of ether oxygens (including phenoxy) is 1. The number of pyridine rings is 1. The summed E-state index contributed by atoms with van der Waals surface area (Å²) in [6.45, 7) is 10.6. The molecule has 3 rings (SSSR count). The van der Waals surface area contributed by atoms with Crippen molar-refractivity contribution in [1.82, 2.24) is 20.1 Å². The van der Waals surface area contributed by atoms with Crippen molar-refractivity contribution >= 4 is 22.6 Å². The molecule has 0 bridgehead atoms. The fourth-order valence-corrected chi connectivity index (χ4v) is 3.09. The first-order valence-corrected chi connectivity index (χ1v) is 9.51. The van der Waals surface area contributed by atoms with Gasteiger partial charge >= 0.3 is 0 Å². The highest BCUT2D eigenvalue weighted by molar-refractivity contribution is 6.06. The summed E-state index contributed by atoms with van der Waals surface area (Å²) < 4.78 is 7.22. The molecule has 1 aliphatic rings. The number of rotatable bonds is 6. The van der Waals surface area contributed by atoms with Crippen LogP contribution < -0.4 is 10.6 Å². The molecule has 2 aromatic heterocycles. The minimum atomic E-state index is -0.0889. The van der Waals surface area contributed by atoms with Gasteiger partial charge in [-0.25, -0.2) is 9.67 Å². The Labute approximate surface area is 154 Å². The number of nitrogens with zero attached hydrogens (tertiary/aromatic N) is 3. The van der Waals surface area contributed by atoms with Gasteiger partial charge in [-0.2, -0.15) is 5.10 Å². The van der Waals surface area contributed by atoms with Crippen LogP contribution in [0.25, 0.3) is 11.0 Å². The van der Waals surface area contributed by atoms with Crippen LogP contribution in [0, 0.1) is 5.92 Å². The van der Waals surface area contributed by atoms with Crippen molar-refractivity contribution < 1.29 is 9.53 Å². The molecule has 1 atom stereocenters. The third kappa shape index (κ3) is 3.82. The topological polar surface area (TPSA) is 81.1 Å². The summed E-state index contributed by atoms with van der Waals surface area (Å²) in [6, 6.07) is 0.376. The molecule has 26 heavy (non-hydrogen) atoms. The van der Waals surface area contributed by atoms with Crippen LogP contribution in [0.5, 0.6) is 0 Å². The number of carbonyl (C=O) groups is 1. The molecule has 0 aliphatic carbocycles. The normalized spacial score (nSPS) is 16.8. The Balaban J connectivity index is 1.95. The van der Waals surface area contributed by atoms with Gasteiger partial charge in [0, 0.05) is 38.0 Å². The van der Waals surface area contributed by atoms with E-state index in [9.17, 15) is 4.79 Å². The van der Waals surface area contributed by atoms with Crippen LogP contribution in [0.4, 0.5) is 5.69 Å². The number of amides is 1. The molecule has 2 aromatic rings. The summed E-state index contributed by atoms with van der Waals surface area (Å²) in [5.41, 5.74) is 2.20. The molecule has 142 valence electrons. The number of anilines is 1. The number of aryl methyl sites for hydroxylation is 1. The maximum absolute atomic E-state index is 12.9. The molecule has 1 amide bonds. The van der Waals surface area contributed by atoms with Crippen LogP contribution in [0.2, 0.25) is 0 Å². The Morgan fingerprint density at radius 2 is 2.04 bits per heavy atom. The van der Waals surface area contributed by atoms with Gasteiger partial charge in [-0.1, -0.05) is 13.8 Å². The number of aromatic nitrogens is 3. The summed E-state index contributed by atoms with van der Waals surface area (Å²) in [5.74, 6) is 0.347. The summed E-state index contributed by atoms with van der Waals surface area (Å²) in [6.07, 6.45) is 5.16. The molecule has 0 radical (unpaired) electrons. The molecule has 0 spiro atoms. The first-order valence-electron chi connectivity index (χ1n) is 9.51. The molecule has 1 saturated heterocycles. The highest BCUT2D eigenvalue weighted by Gasteiger charge is 2.23. The summed E-state index contributed by atoms with van der Waals surface area (Å²) >= 11 is 0. The Morgan fingerprint density at radius 1 is 1.31 bits per heavy atom. The Kier molecular flexibility index (Phi) is 5.76. The van der Waals surface area contributed by atoms with E-state index in [1.54, 1.807) is 12.4 Å². The molecule has 0 saturated carbocycles. The van der Waals surface area contributed by atoms with Crippen LogP contribution in [-0.2, 0) is 11.3 Å². The number of fused-ring (bicyclic) bond motifs is 1. The van der Waals surface area contributed by atoms with Gasteiger partial charge in [0.2, 0.25) is 0 Å². The summed E-state index contributed by atoms with van der Waals surface area (Å²) in [4.78, 5) is 17.5. The standard InChI is InChI=1S/C19H29N5O2/c1-5-24-18-15(11-21-24)17(22-13(4)12(2)3)16(10-20-18)19(25)23-14-6-8-26-9-7-14/h10-14H,5-9H2,1-4H3,(H,20,22)(H,23,25)/t13-/m0/s1. The van der Waals surface area contributed by atoms with E-state index < -0.39 is 0 Å². The molecule has 7 heteroatoms. The van der Waals surface area contributed by atoms with Crippen LogP contribution >= 0.6 is 0 Å². The van der Waals surface area contributed by atoms with Crippen molar-refractivity contribution in [3.05, 3.63) is 18.0 Å². The third-order valence-electron chi connectivity index (χ3n) is 5.14. The van der Waals surface area contributed by atoms with Crippen LogP contribution in [0.1, 0.15) is 50.9 Å². The maximum atomic E-state index is 12.9. The molecule has 0 aromatic carbocycles. The van der Waals surface area contributed by atoms with E-state index in [-0.39, 0.29) is 18.0 Å². The third-order valence-corrected chi connectivity index (χ3v) is 5.14. The number of hydrogen-bond acceptors (Lipinski definition) is 5. The lowest BCUT2D eigenvalue weighted by atomic mass is 10.0. The van der Waals surface area contributed by atoms with Crippen molar-refractivity contribution in [2.24, 2.45) is 5.92 Å². The Morgan fingerprint density at radius 3 is 2.69 bits per heavy atom. The summed E-state index contributed by atoms with van der Waals surface area (Å²) in [5, 5.41) is 12.0. The minimum absolute atomic E-state index is 0.0889. The number of nitrogens with one attached hydrogen (secondary N) is 2. The predicted octanol–water partition coefficient (Wildman–Crippen LogP) is 2.82. The van der Waals surface area contributed by atoms with Crippen LogP contribution in [0.3, 0.4) is 0 Å². The van der Waals surface area contributed by atoms with E-state index >= 15 is 0 Å². The molecule has 2 N–H and O–H groups in total. The maximum Gasteiger partial charge on any atom is 0.255 e. The monoisotopic (exact) mass is 359 g/mol. The number of hydrogen-bond donors (Lipinski definition) is 2. The fraction of sp³-hybridized carbons (Fsp3) is 0.632. The number of carbonyl (C=O) groups excluding carboxylic acids is 1. The average Bonchev–Trinajstić information content (AvgIpc) is 3.06. The second-order valence-corrected chi connectivity index (χ2v) is 7.28. The van der Waals surface area contributed by atoms with E-state index in [1.165, 1.54) is 0 Å². The van der Waals surface area contributed by atoms with Crippen molar-refractivity contribution in [3.8, 4) is 0 Å². The van der Waals surface area contributed by atoms with Crippen LogP contribution in [0.15, 0.2) is 12.4 Å². The molecule has 1 aliphatic heterocycles. The Hall–Kier alpha value is -2.15. The van der Waals surface area contributed by atoms with Crippen molar-refractivity contribution in [1.29, 1.82) is 0 Å². The second kappa shape index (κ2) is 8.03. The zero-order chi connectivity index (χ0) is 18.7. The van der Waals surface area contributed by atoms with E-state index in [0.717, 1.165) is 36.1 Å². The molecule has 1 fully saturated rings. The molecule has 3 heterocycles. The van der Waals surface area contributed by atoms with Gasteiger partial charge in [0.15, 0.2) is 5.65 Å².